The first kappa shape index (κ1) is 20.4. The Labute approximate surface area is 138 Å². The third-order valence-corrected chi connectivity index (χ3v) is 2.95. The van der Waals surface area contributed by atoms with Crippen LogP contribution in [0.5, 0.6) is 5.75 Å². The number of benzene rings is 1. The SMILES string of the molecule is CCCNCCNC(=O)C(C)Oc1cccc(C(C)=O)c1.Cl. The van der Waals surface area contributed by atoms with Crippen LogP contribution in [0, 0.1) is 0 Å². The fraction of sp³-hybridized carbons (Fsp3) is 0.500. The lowest BCUT2D eigenvalue weighted by Crippen LogP contribution is -2.39. The van der Waals surface area contributed by atoms with E-state index in [0.717, 1.165) is 19.5 Å². The number of amides is 1. The first-order chi connectivity index (χ1) is 10.0. The maximum absolute atomic E-state index is 11.9. The molecule has 124 valence electrons. The van der Waals surface area contributed by atoms with Crippen molar-refractivity contribution in [1.82, 2.24) is 10.6 Å². The van der Waals surface area contributed by atoms with Gasteiger partial charge in [-0.25, -0.2) is 0 Å². The Hall–Kier alpha value is -1.59. The van der Waals surface area contributed by atoms with Gasteiger partial charge in [-0.05, 0) is 38.9 Å². The molecule has 22 heavy (non-hydrogen) atoms. The fourth-order valence-corrected chi connectivity index (χ4v) is 1.77. The normalized spacial score (nSPS) is 11.2. The number of hydrogen-bond acceptors (Lipinski definition) is 4. The molecule has 0 saturated carbocycles. The summed E-state index contributed by atoms with van der Waals surface area (Å²) in [6.45, 7) is 7.54. The van der Waals surface area contributed by atoms with Crippen molar-refractivity contribution in [3.05, 3.63) is 29.8 Å². The summed E-state index contributed by atoms with van der Waals surface area (Å²) in [7, 11) is 0. The second-order valence-electron chi connectivity index (χ2n) is 4.89. The van der Waals surface area contributed by atoms with Crippen LogP contribution in [0.1, 0.15) is 37.6 Å². The largest absolute Gasteiger partial charge is 0.481 e. The average molecular weight is 329 g/mol. The summed E-state index contributed by atoms with van der Waals surface area (Å²) in [6, 6.07) is 6.85. The lowest BCUT2D eigenvalue weighted by Gasteiger charge is -2.15. The van der Waals surface area contributed by atoms with Gasteiger partial charge in [0.25, 0.3) is 5.91 Å². The van der Waals surface area contributed by atoms with E-state index < -0.39 is 6.10 Å². The highest BCUT2D eigenvalue weighted by Gasteiger charge is 2.14. The van der Waals surface area contributed by atoms with E-state index in [1.807, 2.05) is 0 Å². The minimum absolute atomic E-state index is 0. The standard InChI is InChI=1S/C16H24N2O3.ClH/c1-4-8-17-9-10-18-16(20)13(3)21-15-7-5-6-14(11-15)12(2)19;/h5-7,11,13,17H,4,8-10H2,1-3H3,(H,18,20);1H. The van der Waals surface area contributed by atoms with Crippen molar-refractivity contribution in [3.63, 3.8) is 0 Å². The molecule has 0 aliphatic carbocycles. The van der Waals surface area contributed by atoms with Crippen LogP contribution in [-0.4, -0.2) is 37.4 Å². The van der Waals surface area contributed by atoms with Gasteiger partial charge in [-0.2, -0.15) is 0 Å². The Balaban J connectivity index is 0.00000441. The number of carbonyl (C=O) groups is 2. The molecule has 1 rings (SSSR count). The summed E-state index contributed by atoms with van der Waals surface area (Å²) in [5.41, 5.74) is 0.573. The molecule has 2 N–H and O–H groups in total. The van der Waals surface area contributed by atoms with Gasteiger partial charge in [0, 0.05) is 18.7 Å². The molecular weight excluding hydrogens is 304 g/mol. The summed E-state index contributed by atoms with van der Waals surface area (Å²) in [4.78, 5) is 23.2. The number of halogens is 1. The van der Waals surface area contributed by atoms with E-state index in [1.165, 1.54) is 6.92 Å². The lowest BCUT2D eigenvalue weighted by molar-refractivity contribution is -0.127. The fourth-order valence-electron chi connectivity index (χ4n) is 1.77. The molecule has 0 saturated heterocycles. The molecule has 0 spiro atoms. The highest BCUT2D eigenvalue weighted by molar-refractivity contribution is 5.94. The van der Waals surface area contributed by atoms with E-state index in [2.05, 4.69) is 17.6 Å². The number of ether oxygens (including phenoxy) is 1. The van der Waals surface area contributed by atoms with Gasteiger partial charge in [-0.15, -0.1) is 12.4 Å². The topological polar surface area (TPSA) is 67.4 Å². The minimum atomic E-state index is -0.599. The van der Waals surface area contributed by atoms with Gasteiger partial charge in [0.2, 0.25) is 0 Å². The number of rotatable bonds is 9. The molecule has 6 heteroatoms. The van der Waals surface area contributed by atoms with E-state index in [-0.39, 0.29) is 24.1 Å². The van der Waals surface area contributed by atoms with Gasteiger partial charge in [0.05, 0.1) is 0 Å². The number of ketones is 1. The molecule has 1 aromatic rings. The molecule has 0 fully saturated rings. The molecule has 0 aliphatic heterocycles. The van der Waals surface area contributed by atoms with Crippen molar-refractivity contribution in [3.8, 4) is 5.75 Å². The van der Waals surface area contributed by atoms with Gasteiger partial charge in [-0.1, -0.05) is 19.1 Å². The molecule has 1 atom stereocenters. The van der Waals surface area contributed by atoms with E-state index in [0.29, 0.717) is 17.9 Å². The predicted octanol–water partition coefficient (Wildman–Crippen LogP) is 2.19. The highest BCUT2D eigenvalue weighted by atomic mass is 35.5. The Morgan fingerprint density at radius 2 is 1.95 bits per heavy atom. The van der Waals surface area contributed by atoms with Crippen LogP contribution in [-0.2, 0) is 4.79 Å². The van der Waals surface area contributed by atoms with Crippen LogP contribution in [0.25, 0.3) is 0 Å². The van der Waals surface area contributed by atoms with Crippen molar-refractivity contribution in [1.29, 1.82) is 0 Å². The maximum Gasteiger partial charge on any atom is 0.260 e. The van der Waals surface area contributed by atoms with E-state index >= 15 is 0 Å². The minimum Gasteiger partial charge on any atom is -0.481 e. The zero-order chi connectivity index (χ0) is 15.7. The van der Waals surface area contributed by atoms with Gasteiger partial charge in [-0.3, -0.25) is 9.59 Å². The number of nitrogens with one attached hydrogen (secondary N) is 2. The van der Waals surface area contributed by atoms with Crippen LogP contribution >= 0.6 is 12.4 Å². The second kappa shape index (κ2) is 11.0. The average Bonchev–Trinajstić information content (AvgIpc) is 2.47. The van der Waals surface area contributed by atoms with Crippen LogP contribution < -0.4 is 15.4 Å². The van der Waals surface area contributed by atoms with Crippen molar-refractivity contribution < 1.29 is 14.3 Å². The van der Waals surface area contributed by atoms with Gasteiger partial charge in [0.15, 0.2) is 11.9 Å². The lowest BCUT2D eigenvalue weighted by atomic mass is 10.1. The molecule has 0 aromatic heterocycles. The smallest absolute Gasteiger partial charge is 0.260 e. The molecule has 1 unspecified atom stereocenters. The van der Waals surface area contributed by atoms with E-state index in [4.69, 9.17) is 4.74 Å². The molecule has 0 heterocycles. The van der Waals surface area contributed by atoms with Gasteiger partial charge < -0.3 is 15.4 Å². The summed E-state index contributed by atoms with van der Waals surface area (Å²) in [6.07, 6.45) is 0.471. The van der Waals surface area contributed by atoms with Gasteiger partial charge in [0.1, 0.15) is 5.75 Å². The molecule has 1 aromatic carbocycles. The zero-order valence-corrected chi connectivity index (χ0v) is 14.2. The van der Waals surface area contributed by atoms with Crippen LogP contribution in [0.15, 0.2) is 24.3 Å². The highest BCUT2D eigenvalue weighted by Crippen LogP contribution is 2.15. The summed E-state index contributed by atoms with van der Waals surface area (Å²) in [5, 5.41) is 6.01. The molecule has 0 radical (unpaired) electrons. The monoisotopic (exact) mass is 328 g/mol. The van der Waals surface area contributed by atoms with Crippen LogP contribution in [0.2, 0.25) is 0 Å². The Bertz CT molecular complexity index is 480. The molecule has 0 bridgehead atoms. The van der Waals surface area contributed by atoms with Crippen LogP contribution in [0.4, 0.5) is 0 Å². The third kappa shape index (κ3) is 7.43. The summed E-state index contributed by atoms with van der Waals surface area (Å²) >= 11 is 0. The summed E-state index contributed by atoms with van der Waals surface area (Å²) < 4.78 is 5.56. The van der Waals surface area contributed by atoms with Crippen molar-refractivity contribution in [2.24, 2.45) is 0 Å². The van der Waals surface area contributed by atoms with E-state index in [9.17, 15) is 9.59 Å². The third-order valence-electron chi connectivity index (χ3n) is 2.95. The first-order valence-corrected chi connectivity index (χ1v) is 7.30. The second-order valence-corrected chi connectivity index (χ2v) is 4.89. The Morgan fingerprint density at radius 3 is 2.59 bits per heavy atom. The predicted molar refractivity (Wildman–Crippen MR) is 90.0 cm³/mol. The maximum atomic E-state index is 11.9. The van der Waals surface area contributed by atoms with E-state index in [1.54, 1.807) is 31.2 Å². The zero-order valence-electron chi connectivity index (χ0n) is 13.3. The summed E-state index contributed by atoms with van der Waals surface area (Å²) in [5.74, 6) is 0.329. The molecule has 0 aliphatic rings. The van der Waals surface area contributed by atoms with Gasteiger partial charge >= 0.3 is 0 Å². The molecular formula is C16H25ClN2O3. The van der Waals surface area contributed by atoms with Crippen LogP contribution in [0.3, 0.4) is 0 Å². The van der Waals surface area contributed by atoms with Crippen molar-refractivity contribution >= 4 is 24.1 Å². The van der Waals surface area contributed by atoms with Crippen molar-refractivity contribution in [2.75, 3.05) is 19.6 Å². The quantitative estimate of drug-likeness (QED) is 0.538. The molecule has 5 nitrogen and oxygen atoms in total. The van der Waals surface area contributed by atoms with Crippen molar-refractivity contribution in [2.45, 2.75) is 33.3 Å². The first-order valence-electron chi connectivity index (χ1n) is 7.30. The Morgan fingerprint density at radius 1 is 1.23 bits per heavy atom. The number of carbonyl (C=O) groups excluding carboxylic acids is 2. The Kier molecular flexibility index (Phi) is 10.2. The number of Topliss-reactive ketones (excluding diaryl/α,β-unsaturated/α-hetero) is 1. The molecule has 1 amide bonds. The number of hydrogen-bond donors (Lipinski definition) is 2.